The van der Waals surface area contributed by atoms with Crippen molar-refractivity contribution in [2.24, 2.45) is 0 Å². The molecule has 10 nitrogen and oxygen atoms in total. The predicted octanol–water partition coefficient (Wildman–Crippen LogP) is 1.83. The van der Waals surface area contributed by atoms with Crippen LogP contribution in [0.15, 0.2) is 65.4 Å². The molecule has 4 rings (SSSR count). The van der Waals surface area contributed by atoms with E-state index in [1.807, 2.05) is 30.3 Å². The maximum Gasteiger partial charge on any atom is 0.343 e. The summed E-state index contributed by atoms with van der Waals surface area (Å²) in [7, 11) is 1.26. The maximum absolute atomic E-state index is 12.9. The van der Waals surface area contributed by atoms with Gasteiger partial charge in [0.2, 0.25) is 0 Å². The lowest BCUT2D eigenvalue weighted by Crippen LogP contribution is -2.50. The van der Waals surface area contributed by atoms with Crippen LogP contribution in [0.3, 0.4) is 0 Å². The largest absolute Gasteiger partial charge is 0.465 e. The number of likely N-dealkylation sites (tertiary alicyclic amines) is 1. The van der Waals surface area contributed by atoms with Crippen molar-refractivity contribution in [3.63, 3.8) is 0 Å². The summed E-state index contributed by atoms with van der Waals surface area (Å²) in [5, 5.41) is 27.2. The molecule has 10 heteroatoms. The lowest BCUT2D eigenvalue weighted by Gasteiger charge is -2.28. The summed E-state index contributed by atoms with van der Waals surface area (Å²) < 4.78 is 9.59. The van der Waals surface area contributed by atoms with Crippen molar-refractivity contribution in [1.29, 1.82) is 0 Å². The average Bonchev–Trinajstić information content (AvgIpc) is 3.61. The molecule has 0 unspecified atom stereocenters. The highest BCUT2D eigenvalue weighted by Gasteiger charge is 2.38. The van der Waals surface area contributed by atoms with Crippen molar-refractivity contribution in [3.8, 4) is 11.3 Å². The van der Waals surface area contributed by atoms with E-state index in [0.717, 1.165) is 18.4 Å². The quantitative estimate of drug-likeness (QED) is 0.404. The molecule has 36 heavy (non-hydrogen) atoms. The number of methoxy groups -OCH3 is 1. The average molecular weight is 494 g/mol. The Bertz CT molecular complexity index is 1210. The summed E-state index contributed by atoms with van der Waals surface area (Å²) in [6, 6.07) is 16.1. The van der Waals surface area contributed by atoms with Gasteiger partial charge in [-0.25, -0.2) is 4.79 Å². The van der Waals surface area contributed by atoms with Crippen LogP contribution in [0.5, 0.6) is 0 Å². The van der Waals surface area contributed by atoms with Crippen molar-refractivity contribution in [3.05, 3.63) is 77.6 Å². The molecule has 0 bridgehead atoms. The Kier molecular flexibility index (Phi) is 7.77. The van der Waals surface area contributed by atoms with Gasteiger partial charge < -0.3 is 29.7 Å². The van der Waals surface area contributed by atoms with E-state index in [1.54, 1.807) is 24.3 Å². The van der Waals surface area contributed by atoms with Crippen molar-refractivity contribution in [1.82, 2.24) is 15.4 Å². The van der Waals surface area contributed by atoms with E-state index in [9.17, 15) is 24.6 Å². The molecule has 1 saturated heterocycles. The number of rotatable bonds is 8. The number of amides is 2. The Balaban J connectivity index is 1.34. The van der Waals surface area contributed by atoms with Crippen LogP contribution in [0.25, 0.3) is 11.3 Å². The summed E-state index contributed by atoms with van der Waals surface area (Å²) in [5.74, 6) is -2.11. The first-order valence-electron chi connectivity index (χ1n) is 11.5. The van der Waals surface area contributed by atoms with Gasteiger partial charge in [-0.2, -0.15) is 0 Å². The Hall–Kier alpha value is -4.02. The van der Waals surface area contributed by atoms with Gasteiger partial charge in [0.05, 0.1) is 13.2 Å². The van der Waals surface area contributed by atoms with Crippen LogP contribution in [-0.2, 0) is 20.9 Å². The maximum atomic E-state index is 12.9. The van der Waals surface area contributed by atoms with Crippen LogP contribution in [0.4, 0.5) is 0 Å². The van der Waals surface area contributed by atoms with Crippen LogP contribution in [0, 0.1) is 0 Å². The molecule has 2 amide bonds. The smallest absolute Gasteiger partial charge is 0.343 e. The molecular weight excluding hydrogens is 466 g/mol. The SMILES string of the molecule is COC(=O)c1conc1-c1ccc(CNC(=O)[C@H](O)[C@@H](O)C(=O)N2CCC[C@@H]2c2ccccc2)cc1. The number of aliphatic hydroxyl groups is 2. The highest BCUT2D eigenvalue weighted by molar-refractivity contribution is 5.95. The Morgan fingerprint density at radius 2 is 1.83 bits per heavy atom. The number of aliphatic hydroxyl groups excluding tert-OH is 2. The van der Waals surface area contributed by atoms with E-state index in [1.165, 1.54) is 18.3 Å². The summed E-state index contributed by atoms with van der Waals surface area (Å²) in [5.41, 5.74) is 2.76. The lowest BCUT2D eigenvalue weighted by atomic mass is 10.0. The second-order valence-corrected chi connectivity index (χ2v) is 8.47. The van der Waals surface area contributed by atoms with E-state index in [2.05, 4.69) is 10.5 Å². The molecule has 0 saturated carbocycles. The fourth-order valence-corrected chi connectivity index (χ4v) is 4.27. The van der Waals surface area contributed by atoms with Crippen molar-refractivity contribution < 1.29 is 33.9 Å². The molecule has 2 heterocycles. The van der Waals surface area contributed by atoms with Crippen LogP contribution in [0.2, 0.25) is 0 Å². The van der Waals surface area contributed by atoms with E-state index < -0.39 is 30.0 Å². The van der Waals surface area contributed by atoms with Gasteiger partial charge in [0, 0.05) is 18.7 Å². The van der Waals surface area contributed by atoms with Gasteiger partial charge in [-0.05, 0) is 24.0 Å². The minimum atomic E-state index is -1.91. The molecule has 3 aromatic rings. The number of aromatic nitrogens is 1. The molecule has 0 spiro atoms. The number of hydrogen-bond donors (Lipinski definition) is 3. The minimum absolute atomic E-state index is 0.0517. The zero-order chi connectivity index (χ0) is 25.7. The van der Waals surface area contributed by atoms with Crippen molar-refractivity contribution in [2.45, 2.75) is 37.6 Å². The molecule has 2 aromatic carbocycles. The van der Waals surface area contributed by atoms with Crippen molar-refractivity contribution in [2.75, 3.05) is 13.7 Å². The molecule has 0 aliphatic carbocycles. The van der Waals surface area contributed by atoms with Gasteiger partial charge in [0.25, 0.3) is 11.8 Å². The molecule has 1 aliphatic heterocycles. The first kappa shape index (κ1) is 25.1. The van der Waals surface area contributed by atoms with E-state index >= 15 is 0 Å². The first-order chi connectivity index (χ1) is 17.4. The number of nitrogens with zero attached hydrogens (tertiary/aromatic N) is 2. The second-order valence-electron chi connectivity index (χ2n) is 8.47. The number of esters is 1. The highest BCUT2D eigenvalue weighted by atomic mass is 16.5. The van der Waals surface area contributed by atoms with Gasteiger partial charge in [-0.3, -0.25) is 9.59 Å². The molecule has 1 aromatic heterocycles. The normalized spacial score (nSPS) is 16.9. The topological polar surface area (TPSA) is 142 Å². The monoisotopic (exact) mass is 493 g/mol. The van der Waals surface area contributed by atoms with Crippen LogP contribution >= 0.6 is 0 Å². The predicted molar refractivity (Wildman–Crippen MR) is 127 cm³/mol. The number of ether oxygens (including phenoxy) is 1. The van der Waals surface area contributed by atoms with Gasteiger partial charge in [0.1, 0.15) is 17.5 Å². The van der Waals surface area contributed by atoms with Crippen LogP contribution < -0.4 is 5.32 Å². The summed E-state index contributed by atoms with van der Waals surface area (Å²) in [6.07, 6.45) is -1.07. The number of benzene rings is 2. The van der Waals surface area contributed by atoms with Crippen molar-refractivity contribution >= 4 is 17.8 Å². The third-order valence-electron chi connectivity index (χ3n) is 6.21. The zero-order valence-electron chi connectivity index (χ0n) is 19.7. The lowest BCUT2D eigenvalue weighted by molar-refractivity contribution is -0.153. The Labute approximate surface area is 207 Å². The number of nitrogens with one attached hydrogen (secondary N) is 1. The molecule has 3 atom stereocenters. The van der Waals surface area contributed by atoms with Gasteiger partial charge in [0.15, 0.2) is 12.2 Å². The van der Waals surface area contributed by atoms with Gasteiger partial charge in [-0.15, -0.1) is 0 Å². The number of hydrogen-bond acceptors (Lipinski definition) is 8. The van der Waals surface area contributed by atoms with Crippen LogP contribution in [-0.4, -0.2) is 63.9 Å². The highest BCUT2D eigenvalue weighted by Crippen LogP contribution is 2.32. The molecule has 3 N–H and O–H groups in total. The molecule has 0 radical (unpaired) electrons. The summed E-state index contributed by atoms with van der Waals surface area (Å²) in [6.45, 7) is 0.496. The van der Waals surface area contributed by atoms with Gasteiger partial charge >= 0.3 is 5.97 Å². The van der Waals surface area contributed by atoms with E-state index in [4.69, 9.17) is 9.26 Å². The zero-order valence-corrected chi connectivity index (χ0v) is 19.7. The number of carbonyl (C=O) groups is 3. The van der Waals surface area contributed by atoms with E-state index in [-0.39, 0.29) is 18.2 Å². The summed E-state index contributed by atoms with van der Waals surface area (Å²) >= 11 is 0. The fourth-order valence-electron chi connectivity index (χ4n) is 4.27. The number of carbonyl (C=O) groups excluding carboxylic acids is 3. The Morgan fingerprint density at radius 3 is 2.53 bits per heavy atom. The third-order valence-corrected chi connectivity index (χ3v) is 6.21. The fraction of sp³-hybridized carbons (Fsp3) is 0.308. The van der Waals surface area contributed by atoms with Gasteiger partial charge in [-0.1, -0.05) is 59.8 Å². The molecule has 1 aliphatic rings. The first-order valence-corrected chi connectivity index (χ1v) is 11.5. The Morgan fingerprint density at radius 1 is 1.11 bits per heavy atom. The van der Waals surface area contributed by atoms with Crippen LogP contribution in [0.1, 0.15) is 40.4 Å². The van der Waals surface area contributed by atoms with E-state index in [0.29, 0.717) is 23.4 Å². The molecule has 1 fully saturated rings. The third kappa shape index (κ3) is 5.29. The summed E-state index contributed by atoms with van der Waals surface area (Å²) in [4.78, 5) is 38.7. The standard InChI is InChI=1S/C26H27N3O7/c1-35-26(34)19-15-36-28-21(19)18-11-9-16(10-12-18)14-27-24(32)22(30)23(31)25(33)29-13-5-8-20(29)17-6-3-2-4-7-17/h2-4,6-7,9-12,15,20,22-23,30-31H,5,8,13-14H2,1H3,(H,27,32)/t20-,22-,23-/m1/s1. The molecule has 188 valence electrons. The molecular formula is C26H27N3O7. The minimum Gasteiger partial charge on any atom is -0.465 e. The second kappa shape index (κ2) is 11.1.